The van der Waals surface area contributed by atoms with Crippen molar-refractivity contribution in [1.82, 2.24) is 0 Å². The van der Waals surface area contributed by atoms with Gasteiger partial charge in [-0.3, -0.25) is 4.18 Å². The molecule has 2 atom stereocenters. The van der Waals surface area contributed by atoms with Crippen LogP contribution in [0.25, 0.3) is 0 Å². The molecule has 1 saturated heterocycles. The third-order valence-corrected chi connectivity index (χ3v) is 5.31. The molecule has 1 rings (SSSR count). The summed E-state index contributed by atoms with van der Waals surface area (Å²) in [4.78, 5) is 0. The van der Waals surface area contributed by atoms with Gasteiger partial charge in [-0.25, -0.2) is 8.42 Å². The largest absolute Gasteiger partial charge is 1.00 e. The second kappa shape index (κ2) is 18.2. The average Bonchev–Trinajstić information content (AvgIpc) is 3.03. The SMILES string of the molecule is CCCCCCCCCCCC1(C)OCC(COCCOCCOS(=O)(=O)[O-])O1.[Na+]. The van der Waals surface area contributed by atoms with Crippen molar-refractivity contribution in [1.29, 1.82) is 0 Å². The summed E-state index contributed by atoms with van der Waals surface area (Å²) >= 11 is 0. The Labute approximate surface area is 204 Å². The van der Waals surface area contributed by atoms with Gasteiger partial charge >= 0.3 is 29.6 Å². The van der Waals surface area contributed by atoms with Gasteiger partial charge in [0.25, 0.3) is 0 Å². The maximum absolute atomic E-state index is 10.2. The Bertz CT molecular complexity index is 505. The molecule has 0 amide bonds. The first kappa shape index (κ1) is 30.7. The molecule has 1 aliphatic heterocycles. The molecule has 0 aromatic rings. The fraction of sp³-hybridized carbons (Fsp3) is 1.00. The molecule has 0 aromatic heterocycles. The smallest absolute Gasteiger partial charge is 0.726 e. The predicted molar refractivity (Wildman–Crippen MR) is 108 cm³/mol. The molecule has 1 aliphatic rings. The number of ether oxygens (including phenoxy) is 4. The quantitative estimate of drug-likeness (QED) is 0.119. The van der Waals surface area contributed by atoms with Crippen molar-refractivity contribution in [3.05, 3.63) is 0 Å². The van der Waals surface area contributed by atoms with E-state index in [0.717, 1.165) is 12.8 Å². The predicted octanol–water partition coefficient (Wildman–Crippen LogP) is 0.553. The van der Waals surface area contributed by atoms with E-state index in [2.05, 4.69) is 11.1 Å². The van der Waals surface area contributed by atoms with Crippen LogP contribution in [0.3, 0.4) is 0 Å². The van der Waals surface area contributed by atoms with Gasteiger partial charge in [-0.05, 0) is 13.3 Å². The maximum Gasteiger partial charge on any atom is 1.00 e. The molecule has 8 nitrogen and oxygen atoms in total. The summed E-state index contributed by atoms with van der Waals surface area (Å²) in [5, 5.41) is 0. The maximum atomic E-state index is 10.2. The van der Waals surface area contributed by atoms with Gasteiger partial charge in [0.05, 0.1) is 39.6 Å². The van der Waals surface area contributed by atoms with Crippen LogP contribution in [0.2, 0.25) is 0 Å². The Morgan fingerprint density at radius 1 is 0.933 bits per heavy atom. The van der Waals surface area contributed by atoms with Crippen molar-refractivity contribution in [2.75, 3.05) is 39.6 Å². The van der Waals surface area contributed by atoms with Crippen LogP contribution in [-0.4, -0.2) is 64.5 Å². The van der Waals surface area contributed by atoms with Crippen LogP contribution < -0.4 is 29.6 Å². The number of rotatable bonds is 19. The summed E-state index contributed by atoms with van der Waals surface area (Å²) in [5.74, 6) is -0.521. The zero-order valence-corrected chi connectivity index (χ0v) is 21.9. The zero-order chi connectivity index (χ0) is 21.4. The fourth-order valence-electron chi connectivity index (χ4n) is 3.29. The van der Waals surface area contributed by atoms with E-state index in [4.69, 9.17) is 18.9 Å². The van der Waals surface area contributed by atoms with Gasteiger partial charge in [0, 0.05) is 6.42 Å². The molecule has 2 unspecified atom stereocenters. The Morgan fingerprint density at radius 3 is 2.13 bits per heavy atom. The second-order valence-corrected chi connectivity index (χ2v) is 8.73. The minimum absolute atomic E-state index is 0. The van der Waals surface area contributed by atoms with Crippen LogP contribution in [0, 0.1) is 0 Å². The second-order valence-electron chi connectivity index (χ2n) is 7.68. The summed E-state index contributed by atoms with van der Waals surface area (Å²) in [6, 6.07) is 0. The molecule has 174 valence electrons. The molecule has 30 heavy (non-hydrogen) atoms. The van der Waals surface area contributed by atoms with Crippen molar-refractivity contribution in [3.8, 4) is 0 Å². The third kappa shape index (κ3) is 17.3. The van der Waals surface area contributed by atoms with E-state index in [1.54, 1.807) is 0 Å². The standard InChI is InChI=1S/C20H40O8S.Na/c1-3-4-5-6-7-8-9-10-11-12-20(2)26-18-19(28-20)17-25-14-13-24-15-16-27-29(21,22)23;/h19H,3-18H2,1-2H3,(H,21,22,23);/q;+1/p-1. The molecule has 0 saturated carbocycles. The summed E-state index contributed by atoms with van der Waals surface area (Å²) < 4.78 is 57.2. The van der Waals surface area contributed by atoms with Gasteiger partial charge in [-0.15, -0.1) is 0 Å². The van der Waals surface area contributed by atoms with E-state index in [-0.39, 0.29) is 55.5 Å². The van der Waals surface area contributed by atoms with Crippen LogP contribution in [0.15, 0.2) is 0 Å². The molecule has 0 aromatic carbocycles. The van der Waals surface area contributed by atoms with Crippen molar-refractivity contribution < 1.29 is 65.7 Å². The minimum atomic E-state index is -4.65. The molecular weight excluding hydrogens is 423 g/mol. The molecule has 0 spiro atoms. The van der Waals surface area contributed by atoms with Gasteiger partial charge in [-0.1, -0.05) is 58.3 Å². The molecule has 0 N–H and O–H groups in total. The molecular formula is C20H39NaO8S. The number of hydrogen-bond donors (Lipinski definition) is 0. The topological polar surface area (TPSA) is 103 Å². The molecule has 10 heteroatoms. The third-order valence-electron chi connectivity index (χ3n) is 4.86. The normalized spacial score (nSPS) is 21.6. The van der Waals surface area contributed by atoms with E-state index in [1.807, 2.05) is 6.92 Å². The van der Waals surface area contributed by atoms with Crippen LogP contribution >= 0.6 is 0 Å². The first-order valence-electron chi connectivity index (χ1n) is 10.9. The summed E-state index contributed by atoms with van der Waals surface area (Å²) in [5.41, 5.74) is 0. The van der Waals surface area contributed by atoms with E-state index >= 15 is 0 Å². The summed E-state index contributed by atoms with van der Waals surface area (Å²) in [7, 11) is -4.65. The average molecular weight is 463 g/mol. The Kier molecular flexibility index (Phi) is 18.6. The van der Waals surface area contributed by atoms with Gasteiger partial charge in [0.2, 0.25) is 10.4 Å². The Hall–Kier alpha value is 0.710. The zero-order valence-electron chi connectivity index (χ0n) is 19.1. The van der Waals surface area contributed by atoms with Crippen molar-refractivity contribution in [3.63, 3.8) is 0 Å². The van der Waals surface area contributed by atoms with E-state index in [1.165, 1.54) is 51.4 Å². The Balaban J connectivity index is 0.00000841. The van der Waals surface area contributed by atoms with Gasteiger partial charge < -0.3 is 23.5 Å². The molecule has 1 fully saturated rings. The molecule has 1 heterocycles. The van der Waals surface area contributed by atoms with Gasteiger partial charge in [-0.2, -0.15) is 0 Å². The number of unbranched alkanes of at least 4 members (excludes halogenated alkanes) is 8. The van der Waals surface area contributed by atoms with Crippen molar-refractivity contribution in [2.24, 2.45) is 0 Å². The molecule has 0 bridgehead atoms. The number of hydrogen-bond acceptors (Lipinski definition) is 8. The Morgan fingerprint density at radius 2 is 1.50 bits per heavy atom. The summed E-state index contributed by atoms with van der Waals surface area (Å²) in [6.45, 7) is 5.53. The van der Waals surface area contributed by atoms with Crippen molar-refractivity contribution >= 4 is 10.4 Å². The first-order chi connectivity index (χ1) is 13.8. The van der Waals surface area contributed by atoms with Crippen molar-refractivity contribution in [2.45, 2.75) is 89.9 Å². The van der Waals surface area contributed by atoms with Gasteiger partial charge in [0.15, 0.2) is 5.79 Å². The van der Waals surface area contributed by atoms with E-state index < -0.39 is 16.2 Å². The van der Waals surface area contributed by atoms with Gasteiger partial charge in [0.1, 0.15) is 6.10 Å². The first-order valence-corrected chi connectivity index (χ1v) is 12.3. The van der Waals surface area contributed by atoms with E-state index in [9.17, 15) is 13.0 Å². The summed E-state index contributed by atoms with van der Waals surface area (Å²) in [6.07, 6.45) is 12.4. The minimum Gasteiger partial charge on any atom is -0.726 e. The molecule has 0 radical (unpaired) electrons. The molecule has 0 aliphatic carbocycles. The van der Waals surface area contributed by atoms with Crippen LogP contribution in [0.4, 0.5) is 0 Å². The van der Waals surface area contributed by atoms with E-state index in [0.29, 0.717) is 19.8 Å². The van der Waals surface area contributed by atoms with Crippen LogP contribution in [0.5, 0.6) is 0 Å². The fourth-order valence-corrected chi connectivity index (χ4v) is 3.56. The van der Waals surface area contributed by atoms with Crippen LogP contribution in [0.1, 0.15) is 78.1 Å². The van der Waals surface area contributed by atoms with Crippen LogP contribution in [-0.2, 0) is 33.5 Å². The monoisotopic (exact) mass is 462 g/mol.